The summed E-state index contributed by atoms with van der Waals surface area (Å²) in [6, 6.07) is 5.10. The average molecular weight is 323 g/mol. The smallest absolute Gasteiger partial charge is 0.230 e. The molecule has 120 valence electrons. The van der Waals surface area contributed by atoms with E-state index >= 15 is 0 Å². The predicted octanol–water partition coefficient (Wildman–Crippen LogP) is 1.80. The number of nitrogens with zero attached hydrogens (tertiary/aromatic N) is 1. The van der Waals surface area contributed by atoms with Gasteiger partial charge in [-0.05, 0) is 49.4 Å². The second-order valence-corrected chi connectivity index (χ2v) is 8.06. The number of ether oxygens (including phenoxy) is 1. The number of benzene rings is 1. The van der Waals surface area contributed by atoms with Crippen molar-refractivity contribution in [2.45, 2.75) is 30.6 Å². The molecule has 0 aromatic heterocycles. The molecule has 1 aromatic rings. The summed E-state index contributed by atoms with van der Waals surface area (Å²) >= 11 is 0. The second kappa shape index (κ2) is 6.01. The lowest BCUT2D eigenvalue weighted by Crippen LogP contribution is -2.41. The third kappa shape index (κ3) is 3.03. The summed E-state index contributed by atoms with van der Waals surface area (Å²) in [7, 11) is -3.21. The quantitative estimate of drug-likeness (QED) is 0.832. The minimum atomic E-state index is -3.21. The van der Waals surface area contributed by atoms with Crippen molar-refractivity contribution in [1.82, 2.24) is 0 Å². The van der Waals surface area contributed by atoms with Gasteiger partial charge >= 0.3 is 0 Å². The van der Waals surface area contributed by atoms with Crippen molar-refractivity contribution in [3.8, 4) is 0 Å². The summed E-state index contributed by atoms with van der Waals surface area (Å²) in [4.78, 5) is 14.9. The van der Waals surface area contributed by atoms with Crippen LogP contribution in [0.4, 0.5) is 5.69 Å². The van der Waals surface area contributed by atoms with Crippen LogP contribution in [0.25, 0.3) is 0 Å². The molecule has 22 heavy (non-hydrogen) atoms. The lowest BCUT2D eigenvalue weighted by Gasteiger charge is -2.33. The first kappa shape index (κ1) is 15.5. The van der Waals surface area contributed by atoms with Crippen LogP contribution < -0.4 is 4.90 Å². The molecule has 0 unspecified atom stereocenters. The Hall–Kier alpha value is -1.40. The van der Waals surface area contributed by atoms with E-state index in [9.17, 15) is 13.2 Å². The normalized spacial score (nSPS) is 19.8. The number of anilines is 1. The third-order valence-electron chi connectivity index (χ3n) is 4.43. The van der Waals surface area contributed by atoms with Crippen LogP contribution in [-0.2, 0) is 25.8 Å². The Bertz CT molecular complexity index is 677. The van der Waals surface area contributed by atoms with E-state index in [1.54, 1.807) is 18.2 Å². The Labute approximate surface area is 131 Å². The van der Waals surface area contributed by atoms with E-state index < -0.39 is 9.84 Å². The third-order valence-corrected chi connectivity index (χ3v) is 5.54. The summed E-state index contributed by atoms with van der Waals surface area (Å²) in [5, 5.41) is 0. The van der Waals surface area contributed by atoms with E-state index in [0.29, 0.717) is 24.7 Å². The zero-order valence-electron chi connectivity index (χ0n) is 12.7. The highest BCUT2D eigenvalue weighted by atomic mass is 32.2. The molecule has 0 spiro atoms. The summed E-state index contributed by atoms with van der Waals surface area (Å²) in [6.45, 7) is 2.00. The maximum absolute atomic E-state index is 12.7. The highest BCUT2D eigenvalue weighted by Gasteiger charge is 2.30. The van der Waals surface area contributed by atoms with Gasteiger partial charge in [0.05, 0.1) is 4.90 Å². The topological polar surface area (TPSA) is 63.7 Å². The van der Waals surface area contributed by atoms with E-state index in [-0.39, 0.29) is 11.8 Å². The Morgan fingerprint density at radius 1 is 1.27 bits per heavy atom. The molecule has 0 saturated carbocycles. The fraction of sp³-hybridized carbons (Fsp3) is 0.562. The molecule has 0 N–H and O–H groups in total. The molecular weight excluding hydrogens is 302 g/mol. The Morgan fingerprint density at radius 3 is 2.68 bits per heavy atom. The van der Waals surface area contributed by atoms with Gasteiger partial charge < -0.3 is 9.64 Å². The summed E-state index contributed by atoms with van der Waals surface area (Å²) < 4.78 is 28.7. The molecule has 2 aliphatic heterocycles. The van der Waals surface area contributed by atoms with Crippen LogP contribution in [0, 0.1) is 5.92 Å². The summed E-state index contributed by atoms with van der Waals surface area (Å²) in [5.41, 5.74) is 1.82. The van der Waals surface area contributed by atoms with Crippen molar-refractivity contribution in [1.29, 1.82) is 0 Å². The second-order valence-electron chi connectivity index (χ2n) is 6.04. The molecule has 5 nitrogen and oxygen atoms in total. The molecule has 3 rings (SSSR count). The monoisotopic (exact) mass is 323 g/mol. The van der Waals surface area contributed by atoms with Crippen LogP contribution in [0.2, 0.25) is 0 Å². The zero-order valence-corrected chi connectivity index (χ0v) is 13.6. The van der Waals surface area contributed by atoms with E-state index in [4.69, 9.17) is 4.74 Å². The number of sulfone groups is 1. The van der Waals surface area contributed by atoms with E-state index in [0.717, 1.165) is 36.9 Å². The molecule has 1 aromatic carbocycles. The van der Waals surface area contributed by atoms with Crippen molar-refractivity contribution in [3.05, 3.63) is 23.8 Å². The first-order valence-electron chi connectivity index (χ1n) is 7.69. The van der Waals surface area contributed by atoms with E-state index in [1.807, 2.05) is 4.90 Å². The van der Waals surface area contributed by atoms with Gasteiger partial charge in [0, 0.05) is 37.6 Å². The molecule has 1 saturated heterocycles. The predicted molar refractivity (Wildman–Crippen MR) is 83.8 cm³/mol. The van der Waals surface area contributed by atoms with Gasteiger partial charge in [-0.1, -0.05) is 0 Å². The Balaban J connectivity index is 1.89. The number of hydrogen-bond donors (Lipinski definition) is 0. The molecule has 0 bridgehead atoms. The molecule has 0 radical (unpaired) electrons. The fourth-order valence-electron chi connectivity index (χ4n) is 3.20. The largest absolute Gasteiger partial charge is 0.381 e. The van der Waals surface area contributed by atoms with E-state index in [2.05, 4.69) is 0 Å². The SMILES string of the molecule is CS(=O)(=O)c1ccc2c(c1)CCCN2C(=O)C1CCOCC1. The van der Waals surface area contributed by atoms with Gasteiger partial charge in [-0.2, -0.15) is 0 Å². The standard InChI is InChI=1S/C16H21NO4S/c1-22(19,20)14-4-5-15-13(11-14)3-2-8-17(15)16(18)12-6-9-21-10-7-12/h4-5,11-12H,2-3,6-10H2,1H3. The molecular formula is C16H21NO4S. The van der Waals surface area contributed by atoms with Crippen molar-refractivity contribution in [2.24, 2.45) is 5.92 Å². The van der Waals surface area contributed by atoms with Gasteiger partial charge in [0.25, 0.3) is 0 Å². The number of rotatable bonds is 2. The lowest BCUT2D eigenvalue weighted by molar-refractivity contribution is -0.125. The maximum atomic E-state index is 12.7. The minimum Gasteiger partial charge on any atom is -0.381 e. The molecule has 0 atom stereocenters. The minimum absolute atomic E-state index is 0.0225. The Morgan fingerprint density at radius 2 is 2.00 bits per heavy atom. The first-order chi connectivity index (χ1) is 10.5. The number of carbonyl (C=O) groups is 1. The molecule has 2 aliphatic rings. The lowest BCUT2D eigenvalue weighted by atomic mass is 9.95. The molecule has 2 heterocycles. The number of hydrogen-bond acceptors (Lipinski definition) is 4. The van der Waals surface area contributed by atoms with Crippen LogP contribution in [0.1, 0.15) is 24.8 Å². The van der Waals surface area contributed by atoms with Gasteiger partial charge in [-0.3, -0.25) is 4.79 Å². The van der Waals surface area contributed by atoms with Gasteiger partial charge in [-0.25, -0.2) is 8.42 Å². The molecule has 1 fully saturated rings. The van der Waals surface area contributed by atoms with Gasteiger partial charge in [-0.15, -0.1) is 0 Å². The van der Waals surface area contributed by atoms with Crippen molar-refractivity contribution in [3.63, 3.8) is 0 Å². The number of carbonyl (C=O) groups excluding carboxylic acids is 1. The molecule has 6 heteroatoms. The van der Waals surface area contributed by atoms with Crippen molar-refractivity contribution in [2.75, 3.05) is 30.9 Å². The van der Waals surface area contributed by atoms with Crippen molar-refractivity contribution >= 4 is 21.4 Å². The molecule has 1 amide bonds. The average Bonchev–Trinajstić information content (AvgIpc) is 2.53. The number of aryl methyl sites for hydroxylation is 1. The van der Waals surface area contributed by atoms with Crippen LogP contribution >= 0.6 is 0 Å². The van der Waals surface area contributed by atoms with E-state index in [1.165, 1.54) is 6.26 Å². The van der Waals surface area contributed by atoms with Gasteiger partial charge in [0.1, 0.15) is 0 Å². The highest BCUT2D eigenvalue weighted by molar-refractivity contribution is 7.90. The first-order valence-corrected chi connectivity index (χ1v) is 9.58. The fourth-order valence-corrected chi connectivity index (χ4v) is 3.87. The molecule has 0 aliphatic carbocycles. The van der Waals surface area contributed by atoms with Gasteiger partial charge in [0.2, 0.25) is 5.91 Å². The maximum Gasteiger partial charge on any atom is 0.230 e. The number of fused-ring (bicyclic) bond motifs is 1. The van der Waals surface area contributed by atoms with Crippen molar-refractivity contribution < 1.29 is 17.9 Å². The van der Waals surface area contributed by atoms with Crippen LogP contribution in [-0.4, -0.2) is 40.3 Å². The van der Waals surface area contributed by atoms with Crippen LogP contribution in [0.3, 0.4) is 0 Å². The van der Waals surface area contributed by atoms with Crippen LogP contribution in [0.5, 0.6) is 0 Å². The van der Waals surface area contributed by atoms with Gasteiger partial charge in [0.15, 0.2) is 9.84 Å². The Kier molecular flexibility index (Phi) is 4.23. The summed E-state index contributed by atoms with van der Waals surface area (Å²) in [5.74, 6) is 0.172. The number of amides is 1. The summed E-state index contributed by atoms with van der Waals surface area (Å²) in [6.07, 6.45) is 4.44. The van der Waals surface area contributed by atoms with Crippen LogP contribution in [0.15, 0.2) is 23.1 Å². The zero-order chi connectivity index (χ0) is 15.7. The highest BCUT2D eigenvalue weighted by Crippen LogP contribution is 2.31.